The Bertz CT molecular complexity index is 880. The predicted molar refractivity (Wildman–Crippen MR) is 121 cm³/mol. The van der Waals surface area contributed by atoms with Crippen molar-refractivity contribution in [2.24, 2.45) is 0 Å². The molecule has 0 bridgehead atoms. The van der Waals surface area contributed by atoms with Gasteiger partial charge in [0.05, 0.1) is 6.61 Å². The Morgan fingerprint density at radius 3 is 2.41 bits per heavy atom. The number of ether oxygens (including phenoxy) is 1. The van der Waals surface area contributed by atoms with Crippen LogP contribution >= 0.6 is 0 Å². The average Bonchev–Trinajstić information content (AvgIpc) is 3.11. The predicted octanol–water partition coefficient (Wildman–Crippen LogP) is 5.75. The highest BCUT2D eigenvalue weighted by Crippen LogP contribution is 2.57. The molecule has 2 heterocycles. The van der Waals surface area contributed by atoms with Gasteiger partial charge >= 0.3 is 0 Å². The minimum absolute atomic E-state index is 0.110. The molecule has 2 aromatic rings. The smallest absolute Gasteiger partial charge is 0.229 e. The largest absolute Gasteiger partial charge is 0.401 e. The molecule has 5 heteroatoms. The number of nitrogens with one attached hydrogen (secondary N) is 2. The Hall–Kier alpha value is -1.66. The van der Waals surface area contributed by atoms with Gasteiger partial charge in [0, 0.05) is 23.7 Å². The first-order valence-corrected chi connectivity index (χ1v) is 13.6. The summed E-state index contributed by atoms with van der Waals surface area (Å²) >= 11 is 0. The number of hydrogen-bond donors (Lipinski definition) is 2. The van der Waals surface area contributed by atoms with Crippen LogP contribution < -0.4 is 10.6 Å². The van der Waals surface area contributed by atoms with E-state index in [4.69, 9.17) is 9.16 Å². The Kier molecular flexibility index (Phi) is 4.93. The minimum atomic E-state index is -2.07. The van der Waals surface area contributed by atoms with Gasteiger partial charge in [-0.25, -0.2) is 0 Å². The van der Waals surface area contributed by atoms with Crippen molar-refractivity contribution in [1.82, 2.24) is 5.32 Å². The molecule has 0 spiro atoms. The third kappa shape index (κ3) is 3.24. The van der Waals surface area contributed by atoms with E-state index in [1.165, 1.54) is 11.1 Å². The highest BCUT2D eigenvalue weighted by atomic mass is 28.4. The zero-order valence-corrected chi connectivity index (χ0v) is 19.5. The third-order valence-electron chi connectivity index (χ3n) is 6.97. The molecule has 2 aliphatic rings. The lowest BCUT2D eigenvalue weighted by Gasteiger charge is -2.48. The molecule has 2 aromatic carbocycles. The van der Waals surface area contributed by atoms with Crippen molar-refractivity contribution in [1.29, 1.82) is 0 Å². The lowest BCUT2D eigenvalue weighted by Crippen LogP contribution is -2.64. The summed E-state index contributed by atoms with van der Waals surface area (Å²) in [6.07, 6.45) is 0.831. The molecular weight excluding hydrogens is 376 g/mol. The van der Waals surface area contributed by atoms with Crippen LogP contribution in [0.25, 0.3) is 0 Å². The summed E-state index contributed by atoms with van der Waals surface area (Å²) in [5.74, 6) is -0.776. The van der Waals surface area contributed by atoms with Crippen LogP contribution in [0.15, 0.2) is 54.6 Å². The zero-order valence-electron chi connectivity index (χ0n) is 18.5. The summed E-state index contributed by atoms with van der Waals surface area (Å²) in [6, 6.07) is 19.1. The van der Waals surface area contributed by atoms with Crippen molar-refractivity contribution in [3.05, 3.63) is 65.7 Å². The van der Waals surface area contributed by atoms with Gasteiger partial charge in [0.2, 0.25) is 5.85 Å². The second-order valence-corrected chi connectivity index (χ2v) is 14.6. The average molecular weight is 411 g/mol. The van der Waals surface area contributed by atoms with E-state index in [0.29, 0.717) is 6.61 Å². The van der Waals surface area contributed by atoms with Crippen LogP contribution in [0, 0.1) is 0 Å². The molecule has 2 unspecified atom stereocenters. The van der Waals surface area contributed by atoms with Gasteiger partial charge in [-0.1, -0.05) is 69.3 Å². The molecule has 4 nitrogen and oxygen atoms in total. The van der Waals surface area contributed by atoms with Crippen molar-refractivity contribution in [3.63, 3.8) is 0 Å². The van der Waals surface area contributed by atoms with Crippen molar-refractivity contribution >= 4 is 14.0 Å². The monoisotopic (exact) mass is 410 g/mol. The molecule has 29 heavy (non-hydrogen) atoms. The summed E-state index contributed by atoms with van der Waals surface area (Å²) in [7, 11) is -2.07. The number of benzene rings is 2. The lowest BCUT2D eigenvalue weighted by atomic mass is 9.89. The van der Waals surface area contributed by atoms with Crippen LogP contribution in [0.5, 0.6) is 0 Å². The van der Waals surface area contributed by atoms with E-state index in [9.17, 15) is 0 Å². The quantitative estimate of drug-likeness (QED) is 0.616. The van der Waals surface area contributed by atoms with E-state index in [-0.39, 0.29) is 11.1 Å². The van der Waals surface area contributed by atoms with E-state index in [1.807, 2.05) is 0 Å². The summed E-state index contributed by atoms with van der Waals surface area (Å²) < 4.78 is 13.7. The molecule has 3 atom stereocenters. The molecule has 4 rings (SSSR count). The molecule has 0 aliphatic carbocycles. The maximum Gasteiger partial charge on any atom is 0.229 e. The van der Waals surface area contributed by atoms with Crippen LogP contribution in [0.1, 0.15) is 51.3 Å². The van der Waals surface area contributed by atoms with E-state index in [0.717, 1.165) is 12.1 Å². The highest BCUT2D eigenvalue weighted by molar-refractivity contribution is 6.74. The van der Waals surface area contributed by atoms with Gasteiger partial charge in [-0.05, 0) is 36.7 Å². The molecule has 0 aromatic heterocycles. The van der Waals surface area contributed by atoms with Gasteiger partial charge in [0.15, 0.2) is 8.32 Å². The zero-order chi connectivity index (χ0) is 20.9. The van der Waals surface area contributed by atoms with Crippen molar-refractivity contribution in [2.45, 2.75) is 69.7 Å². The fraction of sp³-hybridized carbons (Fsp3) is 0.500. The van der Waals surface area contributed by atoms with Crippen LogP contribution in [0.4, 0.5) is 5.69 Å². The summed E-state index contributed by atoms with van der Waals surface area (Å²) in [4.78, 5) is 0. The van der Waals surface area contributed by atoms with Gasteiger partial charge in [0.25, 0.3) is 0 Å². The van der Waals surface area contributed by atoms with Gasteiger partial charge < -0.3 is 14.5 Å². The van der Waals surface area contributed by atoms with E-state index < -0.39 is 19.8 Å². The topological polar surface area (TPSA) is 42.5 Å². The molecule has 156 valence electrons. The summed E-state index contributed by atoms with van der Waals surface area (Å²) in [5.41, 5.74) is 2.99. The maximum atomic E-state index is 7.23. The number of rotatable bonds is 5. The van der Waals surface area contributed by atoms with Crippen molar-refractivity contribution in [3.8, 4) is 0 Å². The second-order valence-electron chi connectivity index (χ2n) is 9.92. The van der Waals surface area contributed by atoms with Gasteiger partial charge in [-0.2, -0.15) is 0 Å². The molecule has 0 saturated carbocycles. The van der Waals surface area contributed by atoms with Gasteiger partial charge in [0.1, 0.15) is 5.60 Å². The fourth-order valence-electron chi connectivity index (χ4n) is 4.33. The summed E-state index contributed by atoms with van der Waals surface area (Å²) in [6.45, 7) is 14.4. The fourth-order valence-corrected chi connectivity index (χ4v) is 5.86. The molecule has 2 N–H and O–H groups in total. The number of hydrogen-bond acceptors (Lipinski definition) is 4. The Morgan fingerprint density at radius 2 is 1.72 bits per heavy atom. The molecule has 0 radical (unpaired) electrons. The minimum Gasteiger partial charge on any atom is -0.401 e. The normalized spacial score (nSPS) is 27.2. The number of anilines is 1. The first kappa shape index (κ1) is 20.6. The van der Waals surface area contributed by atoms with Crippen LogP contribution in [-0.2, 0) is 14.8 Å². The maximum absolute atomic E-state index is 7.23. The van der Waals surface area contributed by atoms with Crippen molar-refractivity contribution in [2.75, 3.05) is 11.9 Å². The van der Waals surface area contributed by atoms with E-state index in [2.05, 4.69) is 106 Å². The van der Waals surface area contributed by atoms with Crippen LogP contribution in [-0.4, -0.2) is 20.8 Å². The van der Waals surface area contributed by atoms with Gasteiger partial charge in [-0.15, -0.1) is 0 Å². The van der Waals surface area contributed by atoms with Crippen LogP contribution in [0.2, 0.25) is 18.1 Å². The SMILES string of the molecule is C[C@H](NC12Nc3ccccc3C1(O[Si](C)(C)C(C)(C)C)CCO2)c1ccccc1. The van der Waals surface area contributed by atoms with Gasteiger partial charge in [-0.3, -0.25) is 5.32 Å². The molecule has 0 amide bonds. The standard InChI is InChI=1S/C24H34N2O2Si/c1-18(19-12-8-7-9-13-19)25-24-23(16-17-27-24,28-29(5,6)22(2,3)4)20-14-10-11-15-21(20)26-24/h7-15,18,25-26H,16-17H2,1-6H3/t18-,23?,24?/m0/s1. The number of fused-ring (bicyclic) bond motifs is 3. The Morgan fingerprint density at radius 1 is 1.07 bits per heavy atom. The molecule has 2 aliphatic heterocycles. The second kappa shape index (κ2) is 6.95. The Balaban J connectivity index is 1.78. The summed E-state index contributed by atoms with van der Waals surface area (Å²) in [5, 5.41) is 7.60. The molecular formula is C24H34N2O2Si. The lowest BCUT2D eigenvalue weighted by molar-refractivity contribution is -0.116. The number of para-hydroxylation sites is 1. The van der Waals surface area contributed by atoms with Crippen molar-refractivity contribution < 1.29 is 9.16 Å². The van der Waals surface area contributed by atoms with Crippen LogP contribution in [0.3, 0.4) is 0 Å². The Labute approximate surface area is 176 Å². The van der Waals surface area contributed by atoms with E-state index >= 15 is 0 Å². The first-order valence-electron chi connectivity index (χ1n) is 10.6. The first-order chi connectivity index (χ1) is 13.6. The highest BCUT2D eigenvalue weighted by Gasteiger charge is 2.66. The molecule has 1 fully saturated rings. The van der Waals surface area contributed by atoms with E-state index in [1.54, 1.807) is 0 Å². The molecule has 1 saturated heterocycles. The third-order valence-corrected chi connectivity index (χ3v) is 11.4.